The molecular weight excluding hydrogens is 276 g/mol. The van der Waals surface area contributed by atoms with E-state index in [1.807, 2.05) is 0 Å². The van der Waals surface area contributed by atoms with Gasteiger partial charge in [0.05, 0.1) is 0 Å². The zero-order chi connectivity index (χ0) is 12.7. The maximum absolute atomic E-state index is 4.81. The van der Waals surface area contributed by atoms with Gasteiger partial charge < -0.3 is 5.32 Å². The third-order valence-corrected chi connectivity index (χ3v) is 4.45. The van der Waals surface area contributed by atoms with E-state index in [-0.39, 0.29) is 12.4 Å². The van der Waals surface area contributed by atoms with E-state index < -0.39 is 0 Å². The summed E-state index contributed by atoms with van der Waals surface area (Å²) in [7, 11) is 0. The number of hydrogen-bond donors (Lipinski definition) is 1. The summed E-state index contributed by atoms with van der Waals surface area (Å²) >= 11 is 0. The molecule has 4 rings (SSSR count). The molecule has 1 fully saturated rings. The average molecular weight is 295 g/mol. The number of aryl methyl sites for hydroxylation is 1. The molecule has 1 aliphatic carbocycles. The molecule has 0 bridgehead atoms. The van der Waals surface area contributed by atoms with Gasteiger partial charge in [-0.2, -0.15) is 0 Å². The number of aromatic nitrogens is 2. The molecule has 5 nitrogen and oxygen atoms in total. The van der Waals surface area contributed by atoms with E-state index in [0.717, 1.165) is 37.0 Å². The average Bonchev–Trinajstić information content (AvgIpc) is 2.92. The second kappa shape index (κ2) is 5.68. The van der Waals surface area contributed by atoms with Crippen molar-refractivity contribution >= 4 is 23.4 Å². The second-order valence-corrected chi connectivity index (χ2v) is 5.56. The van der Waals surface area contributed by atoms with E-state index >= 15 is 0 Å². The van der Waals surface area contributed by atoms with Crippen LogP contribution in [0, 0.1) is 0 Å². The van der Waals surface area contributed by atoms with Crippen molar-refractivity contribution in [2.24, 2.45) is 0 Å². The number of benzene rings is 1. The molecule has 1 aromatic carbocycles. The van der Waals surface area contributed by atoms with Crippen molar-refractivity contribution in [2.75, 3.05) is 26.2 Å². The standard InChI is InChI=1S/C14H18N4O.ClH/c1-2-12(18-5-3-15-4-6-18)7-11-9-14-13(8-10(1)11)16-19-17-14;/h8-9,12,15H,1-7H2;1H. The van der Waals surface area contributed by atoms with Gasteiger partial charge in [-0.15, -0.1) is 12.4 Å². The Kier molecular flexibility index (Phi) is 3.92. The molecule has 0 spiro atoms. The summed E-state index contributed by atoms with van der Waals surface area (Å²) in [5.74, 6) is 0. The van der Waals surface area contributed by atoms with E-state index in [2.05, 4.69) is 32.7 Å². The lowest BCUT2D eigenvalue weighted by Crippen LogP contribution is -2.50. The van der Waals surface area contributed by atoms with Crippen molar-refractivity contribution in [1.82, 2.24) is 20.5 Å². The summed E-state index contributed by atoms with van der Waals surface area (Å²) in [5.41, 5.74) is 4.63. The van der Waals surface area contributed by atoms with Gasteiger partial charge >= 0.3 is 0 Å². The number of piperazine rings is 1. The molecule has 1 N–H and O–H groups in total. The summed E-state index contributed by atoms with van der Waals surface area (Å²) in [5, 5.41) is 11.3. The van der Waals surface area contributed by atoms with Crippen LogP contribution in [0.2, 0.25) is 0 Å². The van der Waals surface area contributed by atoms with E-state index in [9.17, 15) is 0 Å². The van der Waals surface area contributed by atoms with Crippen LogP contribution in [0.25, 0.3) is 11.0 Å². The van der Waals surface area contributed by atoms with Crippen LogP contribution in [-0.4, -0.2) is 47.4 Å². The molecule has 1 saturated heterocycles. The van der Waals surface area contributed by atoms with Crippen LogP contribution in [0.15, 0.2) is 16.8 Å². The smallest absolute Gasteiger partial charge is 0.135 e. The van der Waals surface area contributed by atoms with Gasteiger partial charge in [0.2, 0.25) is 0 Å². The zero-order valence-electron chi connectivity index (χ0n) is 11.3. The fraction of sp³-hybridized carbons (Fsp3) is 0.571. The predicted octanol–water partition coefficient (Wildman–Crippen LogP) is 1.41. The normalized spacial score (nSPS) is 23.3. The number of nitrogens with one attached hydrogen (secondary N) is 1. The first-order valence-corrected chi connectivity index (χ1v) is 7.09. The van der Waals surface area contributed by atoms with Crippen molar-refractivity contribution in [3.8, 4) is 0 Å². The van der Waals surface area contributed by atoms with Crippen LogP contribution < -0.4 is 5.32 Å². The molecular formula is C14H19ClN4O. The van der Waals surface area contributed by atoms with E-state index in [1.165, 1.54) is 30.6 Å². The number of rotatable bonds is 1. The molecule has 108 valence electrons. The number of hydrogen-bond acceptors (Lipinski definition) is 5. The van der Waals surface area contributed by atoms with Gasteiger partial charge in [-0.25, -0.2) is 4.63 Å². The Bertz CT molecular complexity index is 594. The van der Waals surface area contributed by atoms with Crippen LogP contribution in [0.1, 0.15) is 17.5 Å². The molecule has 0 saturated carbocycles. The Morgan fingerprint density at radius 2 is 1.80 bits per heavy atom. The lowest BCUT2D eigenvalue weighted by molar-refractivity contribution is 0.159. The molecule has 1 atom stereocenters. The molecule has 2 aliphatic rings. The van der Waals surface area contributed by atoms with E-state index in [0.29, 0.717) is 6.04 Å². The van der Waals surface area contributed by atoms with Crippen molar-refractivity contribution in [1.29, 1.82) is 0 Å². The number of nitrogens with zero attached hydrogens (tertiary/aromatic N) is 3. The molecule has 2 heterocycles. The molecule has 6 heteroatoms. The fourth-order valence-electron chi connectivity index (χ4n) is 3.38. The minimum absolute atomic E-state index is 0. The summed E-state index contributed by atoms with van der Waals surface area (Å²) in [6, 6.07) is 5.00. The molecule has 20 heavy (non-hydrogen) atoms. The minimum atomic E-state index is 0. The Labute approximate surface area is 124 Å². The van der Waals surface area contributed by atoms with E-state index in [4.69, 9.17) is 4.63 Å². The fourth-order valence-corrected chi connectivity index (χ4v) is 3.38. The van der Waals surface area contributed by atoms with Gasteiger partial charge in [-0.05, 0) is 52.8 Å². The highest BCUT2D eigenvalue weighted by atomic mass is 35.5. The third kappa shape index (κ3) is 2.41. The monoisotopic (exact) mass is 294 g/mol. The quantitative estimate of drug-likeness (QED) is 0.862. The Morgan fingerprint density at radius 1 is 1.10 bits per heavy atom. The highest BCUT2D eigenvalue weighted by Crippen LogP contribution is 2.27. The van der Waals surface area contributed by atoms with Crippen molar-refractivity contribution in [2.45, 2.75) is 25.3 Å². The summed E-state index contributed by atoms with van der Waals surface area (Å²) in [6.07, 6.45) is 3.54. The Morgan fingerprint density at radius 3 is 2.55 bits per heavy atom. The lowest BCUT2D eigenvalue weighted by atomic mass is 9.87. The van der Waals surface area contributed by atoms with Gasteiger partial charge in [-0.1, -0.05) is 0 Å². The van der Waals surface area contributed by atoms with Crippen molar-refractivity contribution < 1.29 is 4.63 Å². The SMILES string of the molecule is Cl.c1c2c(cc3nonc13)CC(N1CCNCC1)CC2. The van der Waals surface area contributed by atoms with Crippen LogP contribution in [-0.2, 0) is 12.8 Å². The van der Waals surface area contributed by atoms with Crippen molar-refractivity contribution in [3.63, 3.8) is 0 Å². The first-order chi connectivity index (χ1) is 9.40. The van der Waals surface area contributed by atoms with Crippen LogP contribution in [0.5, 0.6) is 0 Å². The van der Waals surface area contributed by atoms with Gasteiger partial charge in [-0.3, -0.25) is 4.90 Å². The third-order valence-electron chi connectivity index (χ3n) is 4.45. The first-order valence-electron chi connectivity index (χ1n) is 7.09. The molecule has 2 aromatic rings. The first kappa shape index (κ1) is 13.8. The Balaban J connectivity index is 0.00000121. The van der Waals surface area contributed by atoms with Gasteiger partial charge in [0.15, 0.2) is 0 Å². The van der Waals surface area contributed by atoms with Gasteiger partial charge in [0.1, 0.15) is 11.0 Å². The van der Waals surface area contributed by atoms with E-state index in [1.54, 1.807) is 0 Å². The molecule has 1 aliphatic heterocycles. The Hall–Kier alpha value is -1.17. The van der Waals surface area contributed by atoms with Gasteiger partial charge in [0, 0.05) is 32.2 Å². The van der Waals surface area contributed by atoms with Crippen LogP contribution in [0.3, 0.4) is 0 Å². The topological polar surface area (TPSA) is 54.2 Å². The predicted molar refractivity (Wildman–Crippen MR) is 79.3 cm³/mol. The zero-order valence-corrected chi connectivity index (χ0v) is 12.2. The number of halogens is 1. The van der Waals surface area contributed by atoms with Crippen molar-refractivity contribution in [3.05, 3.63) is 23.3 Å². The summed E-state index contributed by atoms with van der Waals surface area (Å²) in [4.78, 5) is 2.63. The maximum Gasteiger partial charge on any atom is 0.135 e. The van der Waals surface area contributed by atoms with Crippen LogP contribution >= 0.6 is 12.4 Å². The number of fused-ring (bicyclic) bond motifs is 2. The van der Waals surface area contributed by atoms with Gasteiger partial charge in [0.25, 0.3) is 0 Å². The molecule has 0 radical (unpaired) electrons. The maximum atomic E-state index is 4.81. The summed E-state index contributed by atoms with van der Waals surface area (Å²) < 4.78 is 4.81. The summed E-state index contributed by atoms with van der Waals surface area (Å²) in [6.45, 7) is 4.59. The second-order valence-electron chi connectivity index (χ2n) is 5.56. The molecule has 1 aromatic heterocycles. The highest BCUT2D eigenvalue weighted by Gasteiger charge is 2.25. The molecule has 1 unspecified atom stereocenters. The largest absolute Gasteiger partial charge is 0.314 e. The minimum Gasteiger partial charge on any atom is -0.314 e. The van der Waals surface area contributed by atoms with Crippen LogP contribution in [0.4, 0.5) is 0 Å². The lowest BCUT2D eigenvalue weighted by Gasteiger charge is -2.37. The molecule has 0 amide bonds. The highest BCUT2D eigenvalue weighted by molar-refractivity contribution is 5.85.